The molecule has 1 heterocycles. The van der Waals surface area contributed by atoms with Crippen molar-refractivity contribution < 1.29 is 13.2 Å². The van der Waals surface area contributed by atoms with Crippen molar-refractivity contribution in [3.8, 4) is 0 Å². The standard InChI is InChI=1S/C9H7F3N2/c10-9(11,12)6-3-5-1-2-14-8(5)4-7(6)13/h1-4,14H,13H2. The molecule has 2 rings (SSSR count). The minimum absolute atomic E-state index is 0.257. The number of fused-ring (bicyclic) bond motifs is 1. The van der Waals surface area contributed by atoms with Gasteiger partial charge in [0.2, 0.25) is 0 Å². The van der Waals surface area contributed by atoms with Crippen molar-refractivity contribution in [2.24, 2.45) is 0 Å². The van der Waals surface area contributed by atoms with Gasteiger partial charge in [-0.1, -0.05) is 0 Å². The first-order chi connectivity index (χ1) is 6.48. The largest absolute Gasteiger partial charge is 0.418 e. The molecule has 0 aliphatic carbocycles. The van der Waals surface area contributed by atoms with Crippen LogP contribution in [0.5, 0.6) is 0 Å². The van der Waals surface area contributed by atoms with Gasteiger partial charge >= 0.3 is 6.18 Å². The maximum atomic E-state index is 12.4. The van der Waals surface area contributed by atoms with Crippen LogP contribution in [0.4, 0.5) is 18.9 Å². The van der Waals surface area contributed by atoms with Crippen LogP contribution in [-0.4, -0.2) is 4.98 Å². The summed E-state index contributed by atoms with van der Waals surface area (Å²) in [7, 11) is 0. The molecule has 2 aromatic rings. The van der Waals surface area contributed by atoms with Crippen LogP contribution in [0.1, 0.15) is 5.56 Å². The highest BCUT2D eigenvalue weighted by molar-refractivity contribution is 5.84. The van der Waals surface area contributed by atoms with E-state index in [9.17, 15) is 13.2 Å². The van der Waals surface area contributed by atoms with Crippen LogP contribution in [0.25, 0.3) is 10.9 Å². The van der Waals surface area contributed by atoms with Gasteiger partial charge in [-0.2, -0.15) is 13.2 Å². The Hall–Kier alpha value is -1.65. The lowest BCUT2D eigenvalue weighted by atomic mass is 10.1. The predicted octanol–water partition coefficient (Wildman–Crippen LogP) is 2.77. The molecule has 74 valence electrons. The zero-order valence-electron chi connectivity index (χ0n) is 7.02. The molecule has 0 radical (unpaired) electrons. The first-order valence-electron chi connectivity index (χ1n) is 3.92. The van der Waals surface area contributed by atoms with Crippen LogP contribution in [0.2, 0.25) is 0 Å². The number of benzene rings is 1. The maximum absolute atomic E-state index is 12.4. The van der Waals surface area contributed by atoms with Gasteiger partial charge in [-0.05, 0) is 18.2 Å². The van der Waals surface area contributed by atoms with Gasteiger partial charge in [0.1, 0.15) is 0 Å². The molecule has 0 saturated carbocycles. The zero-order valence-corrected chi connectivity index (χ0v) is 7.02. The van der Waals surface area contributed by atoms with Crippen molar-refractivity contribution in [2.75, 3.05) is 5.73 Å². The summed E-state index contributed by atoms with van der Waals surface area (Å²) in [5, 5.41) is 0.506. The van der Waals surface area contributed by atoms with Gasteiger partial charge in [0.05, 0.1) is 5.56 Å². The normalized spacial score (nSPS) is 12.2. The number of hydrogen-bond donors (Lipinski definition) is 2. The molecule has 0 aliphatic rings. The number of aromatic nitrogens is 1. The molecular formula is C9H7F3N2. The summed E-state index contributed by atoms with van der Waals surface area (Å²) in [5.74, 6) is 0. The molecule has 0 unspecified atom stereocenters. The van der Waals surface area contributed by atoms with Crippen molar-refractivity contribution in [1.29, 1.82) is 0 Å². The molecule has 3 N–H and O–H groups in total. The number of H-pyrrole nitrogens is 1. The van der Waals surface area contributed by atoms with Crippen molar-refractivity contribution in [1.82, 2.24) is 4.98 Å². The van der Waals surface area contributed by atoms with Crippen LogP contribution in [0.15, 0.2) is 24.4 Å². The fourth-order valence-corrected chi connectivity index (χ4v) is 1.36. The lowest BCUT2D eigenvalue weighted by Crippen LogP contribution is -2.08. The second-order valence-electron chi connectivity index (χ2n) is 3.00. The Kier molecular flexibility index (Phi) is 1.70. The second-order valence-corrected chi connectivity index (χ2v) is 3.00. The second kappa shape index (κ2) is 2.67. The van der Waals surface area contributed by atoms with Crippen LogP contribution in [0.3, 0.4) is 0 Å². The van der Waals surface area contributed by atoms with Gasteiger partial charge in [-0.3, -0.25) is 0 Å². The number of alkyl halides is 3. The summed E-state index contributed by atoms with van der Waals surface area (Å²) in [5.41, 5.74) is 4.85. The van der Waals surface area contributed by atoms with E-state index >= 15 is 0 Å². The van der Waals surface area contributed by atoms with E-state index < -0.39 is 11.7 Å². The summed E-state index contributed by atoms with van der Waals surface area (Å²) in [6, 6.07) is 3.91. The van der Waals surface area contributed by atoms with Gasteiger partial charge in [0.15, 0.2) is 0 Å². The number of aromatic amines is 1. The first kappa shape index (κ1) is 8.93. The number of rotatable bonds is 0. The minimum atomic E-state index is -4.39. The van der Waals surface area contributed by atoms with E-state index in [2.05, 4.69) is 4.98 Å². The molecule has 5 heteroatoms. The molecule has 1 aromatic heterocycles. The summed E-state index contributed by atoms with van der Waals surface area (Å²) >= 11 is 0. The highest BCUT2D eigenvalue weighted by Crippen LogP contribution is 2.35. The number of nitrogens with two attached hydrogens (primary N) is 1. The Balaban J connectivity index is 2.71. The number of anilines is 1. The van der Waals surface area contributed by atoms with Crippen molar-refractivity contribution in [2.45, 2.75) is 6.18 Å². The summed E-state index contributed by atoms with van der Waals surface area (Å²) in [6.45, 7) is 0. The molecule has 1 aromatic carbocycles. The molecule has 0 bridgehead atoms. The zero-order chi connectivity index (χ0) is 10.3. The maximum Gasteiger partial charge on any atom is 0.418 e. The van der Waals surface area contributed by atoms with Crippen molar-refractivity contribution in [3.63, 3.8) is 0 Å². The fourth-order valence-electron chi connectivity index (χ4n) is 1.36. The number of hydrogen-bond acceptors (Lipinski definition) is 1. The molecular weight excluding hydrogens is 193 g/mol. The van der Waals surface area contributed by atoms with Gasteiger partial charge < -0.3 is 10.7 Å². The molecule has 0 atom stereocenters. The Bertz CT molecular complexity index is 470. The molecule has 0 spiro atoms. The van der Waals surface area contributed by atoms with Crippen LogP contribution >= 0.6 is 0 Å². The lowest BCUT2D eigenvalue weighted by Gasteiger charge is -2.09. The third-order valence-electron chi connectivity index (χ3n) is 2.03. The number of halogens is 3. The van der Waals surface area contributed by atoms with E-state index in [0.717, 1.165) is 6.07 Å². The van der Waals surface area contributed by atoms with Crippen LogP contribution < -0.4 is 5.73 Å². The number of nitrogens with one attached hydrogen (secondary N) is 1. The van der Waals surface area contributed by atoms with E-state index in [4.69, 9.17) is 5.73 Å². The van der Waals surface area contributed by atoms with Gasteiger partial charge in [0.25, 0.3) is 0 Å². The average molecular weight is 200 g/mol. The van der Waals surface area contributed by atoms with Crippen molar-refractivity contribution in [3.05, 3.63) is 30.0 Å². The summed E-state index contributed by atoms with van der Waals surface area (Å²) < 4.78 is 37.2. The molecule has 0 fully saturated rings. The Morgan fingerprint density at radius 3 is 2.57 bits per heavy atom. The van der Waals surface area contributed by atoms with Gasteiger partial charge in [0, 0.05) is 22.8 Å². The molecule has 2 nitrogen and oxygen atoms in total. The van der Waals surface area contributed by atoms with E-state index in [1.165, 1.54) is 6.07 Å². The predicted molar refractivity (Wildman–Crippen MR) is 47.7 cm³/mol. The van der Waals surface area contributed by atoms with Gasteiger partial charge in [-0.25, -0.2) is 0 Å². The average Bonchev–Trinajstić information content (AvgIpc) is 2.47. The lowest BCUT2D eigenvalue weighted by molar-refractivity contribution is -0.136. The molecule has 0 aliphatic heterocycles. The van der Waals surface area contributed by atoms with Gasteiger partial charge in [-0.15, -0.1) is 0 Å². The Morgan fingerprint density at radius 2 is 1.93 bits per heavy atom. The first-order valence-corrected chi connectivity index (χ1v) is 3.92. The molecule has 0 amide bonds. The third-order valence-corrected chi connectivity index (χ3v) is 2.03. The highest BCUT2D eigenvalue weighted by Gasteiger charge is 2.33. The van der Waals surface area contributed by atoms with E-state index in [1.807, 2.05) is 0 Å². The van der Waals surface area contributed by atoms with Crippen molar-refractivity contribution >= 4 is 16.6 Å². The SMILES string of the molecule is Nc1cc2[nH]ccc2cc1C(F)(F)F. The molecule has 0 saturated heterocycles. The Labute approximate surface area is 77.5 Å². The molecule has 14 heavy (non-hydrogen) atoms. The van der Waals surface area contributed by atoms with Crippen LogP contribution in [0, 0.1) is 0 Å². The monoisotopic (exact) mass is 200 g/mol. The highest BCUT2D eigenvalue weighted by atomic mass is 19.4. The third kappa shape index (κ3) is 1.30. The van der Waals surface area contributed by atoms with E-state index in [1.54, 1.807) is 12.3 Å². The van der Waals surface area contributed by atoms with E-state index in [0.29, 0.717) is 10.9 Å². The topological polar surface area (TPSA) is 41.8 Å². The van der Waals surface area contributed by atoms with Crippen LogP contribution in [-0.2, 0) is 6.18 Å². The Morgan fingerprint density at radius 1 is 1.21 bits per heavy atom. The number of nitrogen functional groups attached to an aromatic ring is 1. The van der Waals surface area contributed by atoms with E-state index in [-0.39, 0.29) is 5.69 Å². The smallest absolute Gasteiger partial charge is 0.398 e. The summed E-state index contributed by atoms with van der Waals surface area (Å²) in [6.07, 6.45) is -2.82. The summed E-state index contributed by atoms with van der Waals surface area (Å²) in [4.78, 5) is 2.79. The fraction of sp³-hybridized carbons (Fsp3) is 0.111. The quantitative estimate of drug-likeness (QED) is 0.631. The minimum Gasteiger partial charge on any atom is -0.398 e.